The van der Waals surface area contributed by atoms with Crippen LogP contribution in [-0.2, 0) is 4.79 Å². The van der Waals surface area contributed by atoms with E-state index in [2.05, 4.69) is 5.32 Å². The van der Waals surface area contributed by atoms with Gasteiger partial charge in [-0.25, -0.2) is 0 Å². The Morgan fingerprint density at radius 1 is 1.13 bits per heavy atom. The van der Waals surface area contributed by atoms with Crippen LogP contribution in [0.25, 0.3) is 0 Å². The van der Waals surface area contributed by atoms with Crippen molar-refractivity contribution in [3.8, 4) is 0 Å². The Bertz CT molecular complexity index is 226. The summed E-state index contributed by atoms with van der Waals surface area (Å²) in [5.74, 6) is 0.792. The fraction of sp³-hybridized carbons (Fsp3) is 0.917. The summed E-state index contributed by atoms with van der Waals surface area (Å²) in [6, 6.07) is 0.233. The summed E-state index contributed by atoms with van der Waals surface area (Å²) in [6.45, 7) is 0.218. The molecule has 0 aromatic rings. The minimum absolute atomic E-state index is 0.218. The number of carbonyl (C=O) groups is 1. The summed E-state index contributed by atoms with van der Waals surface area (Å²) < 4.78 is 0. The van der Waals surface area contributed by atoms with Gasteiger partial charge in [0, 0.05) is 24.5 Å². The van der Waals surface area contributed by atoms with Crippen LogP contribution >= 0.6 is 0 Å². The van der Waals surface area contributed by atoms with E-state index in [-0.39, 0.29) is 24.5 Å². The topological polar surface area (TPSA) is 49.3 Å². The van der Waals surface area contributed by atoms with E-state index >= 15 is 0 Å². The average molecular weight is 211 g/mol. The third-order valence-electron chi connectivity index (χ3n) is 3.95. The maximum absolute atomic E-state index is 11.8. The fourth-order valence-corrected chi connectivity index (χ4v) is 2.59. The molecular weight excluding hydrogens is 190 g/mol. The van der Waals surface area contributed by atoms with Gasteiger partial charge < -0.3 is 10.4 Å². The Labute approximate surface area is 91.2 Å². The molecule has 2 rings (SSSR count). The highest BCUT2D eigenvalue weighted by Crippen LogP contribution is 2.28. The van der Waals surface area contributed by atoms with Crippen LogP contribution in [0.15, 0.2) is 0 Å². The van der Waals surface area contributed by atoms with Crippen LogP contribution in [-0.4, -0.2) is 23.7 Å². The van der Waals surface area contributed by atoms with Crippen LogP contribution in [0.5, 0.6) is 0 Å². The van der Waals surface area contributed by atoms with Crippen LogP contribution in [0, 0.1) is 11.8 Å². The fourth-order valence-electron chi connectivity index (χ4n) is 2.59. The first-order valence-corrected chi connectivity index (χ1v) is 6.22. The number of amides is 1. The molecule has 2 aliphatic carbocycles. The average Bonchev–Trinajstić information content (AvgIpc) is 2.15. The minimum atomic E-state index is 0.218. The Morgan fingerprint density at radius 3 is 2.47 bits per heavy atom. The van der Waals surface area contributed by atoms with E-state index in [0.717, 1.165) is 25.7 Å². The Balaban J connectivity index is 1.82. The molecule has 2 N–H and O–H groups in total. The lowest BCUT2D eigenvalue weighted by molar-refractivity contribution is -0.128. The standard InChI is InChI=1S/C12H21NO2/c14-8-10-4-1-2-7-11(10)13-12(15)9-5-3-6-9/h9-11,14H,1-8H2,(H,13,15). The molecule has 0 saturated heterocycles. The number of hydrogen-bond donors (Lipinski definition) is 2. The van der Waals surface area contributed by atoms with Crippen molar-refractivity contribution in [3.05, 3.63) is 0 Å². The minimum Gasteiger partial charge on any atom is -0.396 e. The summed E-state index contributed by atoms with van der Waals surface area (Å²) in [6.07, 6.45) is 7.81. The van der Waals surface area contributed by atoms with Crippen molar-refractivity contribution in [1.82, 2.24) is 5.32 Å². The van der Waals surface area contributed by atoms with Gasteiger partial charge in [0.15, 0.2) is 0 Å². The zero-order valence-corrected chi connectivity index (χ0v) is 9.24. The third-order valence-corrected chi connectivity index (χ3v) is 3.95. The Hall–Kier alpha value is -0.570. The molecule has 0 aliphatic heterocycles. The number of carbonyl (C=O) groups excluding carboxylic acids is 1. The van der Waals surface area contributed by atoms with E-state index in [4.69, 9.17) is 0 Å². The van der Waals surface area contributed by atoms with E-state index in [9.17, 15) is 9.90 Å². The lowest BCUT2D eigenvalue weighted by atomic mass is 9.82. The molecule has 0 bridgehead atoms. The first-order valence-electron chi connectivity index (χ1n) is 6.22. The molecule has 2 aliphatic rings. The number of aliphatic hydroxyl groups excluding tert-OH is 1. The van der Waals surface area contributed by atoms with Crippen LogP contribution in [0.1, 0.15) is 44.9 Å². The summed E-state index contributed by atoms with van der Waals surface area (Å²) in [4.78, 5) is 11.8. The third kappa shape index (κ3) is 2.51. The molecule has 1 amide bonds. The molecular formula is C12H21NO2. The quantitative estimate of drug-likeness (QED) is 0.742. The highest BCUT2D eigenvalue weighted by atomic mass is 16.3. The molecule has 0 radical (unpaired) electrons. The molecule has 2 fully saturated rings. The maximum Gasteiger partial charge on any atom is 0.223 e. The van der Waals surface area contributed by atoms with Crippen LogP contribution in [0.3, 0.4) is 0 Å². The van der Waals surface area contributed by atoms with Gasteiger partial charge >= 0.3 is 0 Å². The van der Waals surface area contributed by atoms with E-state index in [0.29, 0.717) is 5.92 Å². The molecule has 0 aromatic heterocycles. The van der Waals surface area contributed by atoms with Crippen molar-refractivity contribution in [1.29, 1.82) is 0 Å². The van der Waals surface area contributed by atoms with E-state index in [1.807, 2.05) is 0 Å². The SMILES string of the molecule is O=C(NC1CCCCC1CO)C1CCC1. The molecule has 3 nitrogen and oxygen atoms in total. The molecule has 0 spiro atoms. The van der Waals surface area contributed by atoms with Gasteiger partial charge in [-0.1, -0.05) is 19.3 Å². The zero-order valence-electron chi connectivity index (χ0n) is 9.24. The van der Waals surface area contributed by atoms with Gasteiger partial charge in [-0.2, -0.15) is 0 Å². The van der Waals surface area contributed by atoms with Crippen molar-refractivity contribution in [2.75, 3.05) is 6.61 Å². The number of rotatable bonds is 3. The predicted molar refractivity (Wildman–Crippen MR) is 58.3 cm³/mol. The number of aliphatic hydroxyl groups is 1. The highest BCUT2D eigenvalue weighted by molar-refractivity contribution is 5.79. The molecule has 2 unspecified atom stereocenters. The Kier molecular flexibility index (Phi) is 3.62. The normalized spacial score (nSPS) is 32.1. The van der Waals surface area contributed by atoms with Gasteiger partial charge in [0.05, 0.1) is 0 Å². The molecule has 3 heteroatoms. The van der Waals surface area contributed by atoms with Crippen molar-refractivity contribution < 1.29 is 9.90 Å². The van der Waals surface area contributed by atoms with Crippen molar-refractivity contribution in [2.24, 2.45) is 11.8 Å². The smallest absolute Gasteiger partial charge is 0.223 e. The van der Waals surface area contributed by atoms with Crippen molar-refractivity contribution in [2.45, 2.75) is 51.0 Å². The molecule has 0 aromatic carbocycles. The first kappa shape index (κ1) is 10.9. The zero-order chi connectivity index (χ0) is 10.7. The van der Waals surface area contributed by atoms with E-state index in [1.54, 1.807) is 0 Å². The Morgan fingerprint density at radius 2 is 1.87 bits per heavy atom. The van der Waals surface area contributed by atoms with Crippen molar-refractivity contribution in [3.63, 3.8) is 0 Å². The second kappa shape index (κ2) is 4.97. The van der Waals surface area contributed by atoms with Gasteiger partial charge in [0.1, 0.15) is 0 Å². The van der Waals surface area contributed by atoms with Gasteiger partial charge in [-0.3, -0.25) is 4.79 Å². The predicted octanol–water partition coefficient (Wildman–Crippen LogP) is 1.45. The van der Waals surface area contributed by atoms with E-state index in [1.165, 1.54) is 19.3 Å². The largest absolute Gasteiger partial charge is 0.396 e. The molecule has 0 heterocycles. The van der Waals surface area contributed by atoms with Gasteiger partial charge in [0.25, 0.3) is 0 Å². The van der Waals surface area contributed by atoms with Crippen LogP contribution in [0.4, 0.5) is 0 Å². The van der Waals surface area contributed by atoms with Crippen LogP contribution in [0.2, 0.25) is 0 Å². The number of nitrogens with one attached hydrogen (secondary N) is 1. The highest BCUT2D eigenvalue weighted by Gasteiger charge is 2.30. The summed E-state index contributed by atoms with van der Waals surface area (Å²) in [5.41, 5.74) is 0. The lowest BCUT2D eigenvalue weighted by Crippen LogP contribution is -2.46. The monoisotopic (exact) mass is 211 g/mol. The van der Waals surface area contributed by atoms with Gasteiger partial charge in [-0.15, -0.1) is 0 Å². The van der Waals surface area contributed by atoms with E-state index < -0.39 is 0 Å². The molecule has 2 saturated carbocycles. The molecule has 15 heavy (non-hydrogen) atoms. The molecule has 86 valence electrons. The second-order valence-electron chi connectivity index (χ2n) is 4.97. The van der Waals surface area contributed by atoms with Crippen LogP contribution < -0.4 is 5.32 Å². The van der Waals surface area contributed by atoms with Crippen molar-refractivity contribution >= 4 is 5.91 Å². The van der Waals surface area contributed by atoms with Gasteiger partial charge in [0.2, 0.25) is 5.91 Å². The summed E-state index contributed by atoms with van der Waals surface area (Å²) in [7, 11) is 0. The first-order chi connectivity index (χ1) is 7.31. The van der Waals surface area contributed by atoms with Gasteiger partial charge in [-0.05, 0) is 25.7 Å². The molecule has 2 atom stereocenters. The lowest BCUT2D eigenvalue weighted by Gasteiger charge is -2.33. The summed E-state index contributed by atoms with van der Waals surface area (Å²) >= 11 is 0. The maximum atomic E-state index is 11.8. The summed E-state index contributed by atoms with van der Waals surface area (Å²) in [5, 5.41) is 12.4. The number of hydrogen-bond acceptors (Lipinski definition) is 2. The second-order valence-corrected chi connectivity index (χ2v) is 4.97.